The molecule has 0 fully saturated rings. The lowest BCUT2D eigenvalue weighted by Crippen LogP contribution is -1.91. The van der Waals surface area contributed by atoms with Crippen LogP contribution in [0.15, 0.2) is 22.7 Å². The standard InChI is InChI=1S/C8H4ClNO3/c9-7-2-5-4(3-10-7)1-6(13-5)8(11)12/h1-3H,(H,11,12). The molecule has 2 rings (SSSR count). The first-order valence-corrected chi connectivity index (χ1v) is 3.83. The van der Waals surface area contributed by atoms with Crippen molar-refractivity contribution in [2.45, 2.75) is 0 Å². The maximum Gasteiger partial charge on any atom is 0.371 e. The van der Waals surface area contributed by atoms with Crippen molar-refractivity contribution < 1.29 is 14.3 Å². The molecule has 13 heavy (non-hydrogen) atoms. The summed E-state index contributed by atoms with van der Waals surface area (Å²) < 4.78 is 4.99. The smallest absolute Gasteiger partial charge is 0.371 e. The van der Waals surface area contributed by atoms with Crippen LogP contribution >= 0.6 is 11.6 Å². The molecule has 0 aliphatic heterocycles. The molecular weight excluding hydrogens is 194 g/mol. The highest BCUT2D eigenvalue weighted by atomic mass is 35.5. The molecule has 0 aromatic carbocycles. The summed E-state index contributed by atoms with van der Waals surface area (Å²) in [5.41, 5.74) is 0.428. The largest absolute Gasteiger partial charge is 0.475 e. The molecule has 0 aliphatic carbocycles. The van der Waals surface area contributed by atoms with E-state index < -0.39 is 5.97 Å². The Kier molecular flexibility index (Phi) is 1.70. The van der Waals surface area contributed by atoms with E-state index in [-0.39, 0.29) is 10.9 Å². The van der Waals surface area contributed by atoms with Crippen LogP contribution in [0.25, 0.3) is 11.0 Å². The molecule has 2 aromatic heterocycles. The van der Waals surface area contributed by atoms with Crippen LogP contribution in [0.2, 0.25) is 5.15 Å². The van der Waals surface area contributed by atoms with Crippen LogP contribution in [0.4, 0.5) is 0 Å². The van der Waals surface area contributed by atoms with E-state index in [1.807, 2.05) is 0 Å². The number of carboxylic acids is 1. The second-order valence-electron chi connectivity index (χ2n) is 2.46. The number of rotatable bonds is 1. The molecule has 2 aromatic rings. The van der Waals surface area contributed by atoms with Crippen LogP contribution in [0, 0.1) is 0 Å². The molecule has 0 saturated carbocycles. The molecule has 0 amide bonds. The van der Waals surface area contributed by atoms with Gasteiger partial charge in [0.15, 0.2) is 0 Å². The summed E-state index contributed by atoms with van der Waals surface area (Å²) in [4.78, 5) is 14.3. The number of fused-ring (bicyclic) bond motifs is 1. The summed E-state index contributed by atoms with van der Waals surface area (Å²) in [5, 5.41) is 9.51. The average molecular weight is 198 g/mol. The molecule has 1 N–H and O–H groups in total. The van der Waals surface area contributed by atoms with E-state index >= 15 is 0 Å². The fraction of sp³-hybridized carbons (Fsp3) is 0. The van der Waals surface area contributed by atoms with E-state index in [4.69, 9.17) is 21.1 Å². The molecule has 4 nitrogen and oxygen atoms in total. The van der Waals surface area contributed by atoms with Crippen LogP contribution < -0.4 is 0 Å². The van der Waals surface area contributed by atoms with Crippen molar-refractivity contribution in [2.75, 3.05) is 0 Å². The second kappa shape index (κ2) is 2.74. The molecule has 2 heterocycles. The van der Waals surface area contributed by atoms with Gasteiger partial charge < -0.3 is 9.52 Å². The van der Waals surface area contributed by atoms with Gasteiger partial charge in [0.05, 0.1) is 0 Å². The predicted molar refractivity (Wildman–Crippen MR) is 46.0 cm³/mol. The van der Waals surface area contributed by atoms with Gasteiger partial charge >= 0.3 is 5.97 Å². The topological polar surface area (TPSA) is 63.3 Å². The summed E-state index contributed by atoms with van der Waals surface area (Å²) in [5.74, 6) is -1.22. The molecular formula is C8H4ClNO3. The molecule has 66 valence electrons. The van der Waals surface area contributed by atoms with Gasteiger partial charge in [-0.05, 0) is 0 Å². The first kappa shape index (κ1) is 8.07. The van der Waals surface area contributed by atoms with Crippen molar-refractivity contribution in [3.63, 3.8) is 0 Å². The number of hydrogen-bond acceptors (Lipinski definition) is 3. The average Bonchev–Trinajstić information content (AvgIpc) is 2.46. The molecule has 0 unspecified atom stereocenters. The van der Waals surface area contributed by atoms with Crippen LogP contribution in [0.3, 0.4) is 0 Å². The van der Waals surface area contributed by atoms with E-state index in [1.54, 1.807) is 0 Å². The minimum Gasteiger partial charge on any atom is -0.475 e. The van der Waals surface area contributed by atoms with Gasteiger partial charge in [0, 0.05) is 23.7 Å². The summed E-state index contributed by atoms with van der Waals surface area (Å²) >= 11 is 5.59. The molecule has 0 spiro atoms. The Hall–Kier alpha value is -1.55. The predicted octanol–water partition coefficient (Wildman–Crippen LogP) is 2.18. The second-order valence-corrected chi connectivity index (χ2v) is 2.85. The Labute approximate surface area is 77.8 Å². The number of furan rings is 1. The summed E-state index contributed by atoms with van der Waals surface area (Å²) in [7, 11) is 0. The minimum atomic E-state index is -1.10. The number of nitrogens with zero attached hydrogens (tertiary/aromatic N) is 1. The zero-order valence-corrected chi connectivity index (χ0v) is 7.08. The summed E-state index contributed by atoms with van der Waals surface area (Å²) in [6.45, 7) is 0. The van der Waals surface area contributed by atoms with Crippen LogP contribution in [0.5, 0.6) is 0 Å². The molecule has 0 aliphatic rings. The maximum atomic E-state index is 10.5. The zero-order chi connectivity index (χ0) is 9.42. The van der Waals surface area contributed by atoms with Crippen LogP contribution in [0.1, 0.15) is 10.6 Å². The highest BCUT2D eigenvalue weighted by Crippen LogP contribution is 2.20. The highest BCUT2D eigenvalue weighted by Gasteiger charge is 2.10. The normalized spacial score (nSPS) is 10.5. The Morgan fingerprint density at radius 1 is 1.54 bits per heavy atom. The van der Waals surface area contributed by atoms with Crippen molar-refractivity contribution in [3.05, 3.63) is 29.2 Å². The monoisotopic (exact) mass is 197 g/mol. The van der Waals surface area contributed by atoms with Crippen molar-refractivity contribution in [1.29, 1.82) is 0 Å². The maximum absolute atomic E-state index is 10.5. The molecule has 0 radical (unpaired) electrons. The number of aromatic carboxylic acids is 1. The Balaban J connectivity index is 2.68. The lowest BCUT2D eigenvalue weighted by atomic mass is 10.3. The number of carboxylic acid groups (broad SMARTS) is 1. The van der Waals surface area contributed by atoms with E-state index in [1.165, 1.54) is 18.3 Å². The number of carbonyl (C=O) groups is 1. The first-order chi connectivity index (χ1) is 6.16. The van der Waals surface area contributed by atoms with Gasteiger partial charge in [-0.25, -0.2) is 9.78 Å². The number of halogens is 1. The van der Waals surface area contributed by atoms with Gasteiger partial charge in [-0.1, -0.05) is 11.6 Å². The van der Waals surface area contributed by atoms with Gasteiger partial charge in [0.25, 0.3) is 0 Å². The fourth-order valence-electron chi connectivity index (χ4n) is 1.01. The molecule has 0 bridgehead atoms. The zero-order valence-electron chi connectivity index (χ0n) is 6.32. The van der Waals surface area contributed by atoms with Gasteiger partial charge in [-0.15, -0.1) is 0 Å². The van der Waals surface area contributed by atoms with Crippen molar-refractivity contribution in [3.8, 4) is 0 Å². The Bertz CT molecular complexity index is 477. The fourth-order valence-corrected chi connectivity index (χ4v) is 1.16. The van der Waals surface area contributed by atoms with Crippen LogP contribution in [-0.4, -0.2) is 16.1 Å². The van der Waals surface area contributed by atoms with E-state index in [0.29, 0.717) is 11.0 Å². The highest BCUT2D eigenvalue weighted by molar-refractivity contribution is 6.29. The lowest BCUT2D eigenvalue weighted by molar-refractivity contribution is 0.0665. The van der Waals surface area contributed by atoms with E-state index in [9.17, 15) is 4.79 Å². The van der Waals surface area contributed by atoms with E-state index in [2.05, 4.69) is 4.98 Å². The van der Waals surface area contributed by atoms with Crippen molar-refractivity contribution in [1.82, 2.24) is 4.98 Å². The minimum absolute atomic E-state index is 0.112. The Morgan fingerprint density at radius 3 is 3.00 bits per heavy atom. The number of pyridine rings is 1. The van der Waals surface area contributed by atoms with Gasteiger partial charge in [-0.2, -0.15) is 0 Å². The third-order valence-corrected chi connectivity index (χ3v) is 1.79. The van der Waals surface area contributed by atoms with Crippen molar-refractivity contribution >= 4 is 28.5 Å². The third-order valence-electron chi connectivity index (χ3n) is 1.58. The summed E-state index contributed by atoms with van der Waals surface area (Å²) in [6, 6.07) is 2.88. The quantitative estimate of drug-likeness (QED) is 0.712. The lowest BCUT2D eigenvalue weighted by Gasteiger charge is -1.87. The third kappa shape index (κ3) is 1.36. The Morgan fingerprint density at radius 2 is 2.31 bits per heavy atom. The van der Waals surface area contributed by atoms with Gasteiger partial charge in [0.1, 0.15) is 10.7 Å². The molecule has 0 saturated heterocycles. The van der Waals surface area contributed by atoms with Crippen molar-refractivity contribution in [2.24, 2.45) is 0 Å². The first-order valence-electron chi connectivity index (χ1n) is 3.45. The van der Waals surface area contributed by atoms with Gasteiger partial charge in [0.2, 0.25) is 5.76 Å². The van der Waals surface area contributed by atoms with E-state index in [0.717, 1.165) is 0 Å². The summed E-state index contributed by atoms with van der Waals surface area (Å²) in [6.07, 6.45) is 1.47. The SMILES string of the molecule is O=C(O)c1cc2cnc(Cl)cc2o1. The molecule has 0 atom stereocenters. The molecule has 5 heteroatoms. The number of aromatic nitrogens is 1. The van der Waals surface area contributed by atoms with Crippen LogP contribution in [-0.2, 0) is 0 Å². The van der Waals surface area contributed by atoms with Gasteiger partial charge in [-0.3, -0.25) is 0 Å². The number of hydrogen-bond donors (Lipinski definition) is 1.